The smallest absolute Gasteiger partial charge is 0.127 e. The molecule has 0 saturated carbocycles. The number of aryl methyl sites for hydroxylation is 1. The lowest BCUT2D eigenvalue weighted by Crippen LogP contribution is -2.46. The molecule has 1 atom stereocenters. The largest absolute Gasteiger partial charge is 0.337 e. The van der Waals surface area contributed by atoms with Gasteiger partial charge in [0.05, 0.1) is 6.04 Å². The maximum atomic E-state index is 4.42. The Morgan fingerprint density at radius 3 is 3.14 bits per heavy atom. The number of hydrogen-bond acceptors (Lipinski definition) is 3. The Kier molecular flexibility index (Phi) is 2.84. The minimum Gasteiger partial charge on any atom is -0.337 e. The molecule has 1 aliphatic rings. The van der Waals surface area contributed by atoms with Gasteiger partial charge in [0.15, 0.2) is 0 Å². The summed E-state index contributed by atoms with van der Waals surface area (Å²) in [5.41, 5.74) is 0. The minimum atomic E-state index is 0.439. The number of nitrogens with zero attached hydrogens (tertiary/aromatic N) is 3. The van der Waals surface area contributed by atoms with Crippen LogP contribution in [0.2, 0.25) is 0 Å². The molecule has 0 aliphatic carbocycles. The molecule has 0 radical (unpaired) electrons. The van der Waals surface area contributed by atoms with Crippen LogP contribution in [0.25, 0.3) is 0 Å². The third-order valence-electron chi connectivity index (χ3n) is 2.92. The lowest BCUT2D eigenvalue weighted by atomic mass is 10.2. The van der Waals surface area contributed by atoms with Gasteiger partial charge in [-0.05, 0) is 6.54 Å². The van der Waals surface area contributed by atoms with Crippen LogP contribution in [0.15, 0.2) is 12.4 Å². The molecule has 0 amide bonds. The number of hydrogen-bond donors (Lipinski definition) is 1. The minimum absolute atomic E-state index is 0.439. The van der Waals surface area contributed by atoms with Crippen molar-refractivity contribution < 1.29 is 0 Å². The van der Waals surface area contributed by atoms with Crippen molar-refractivity contribution in [3.05, 3.63) is 18.2 Å². The summed E-state index contributed by atoms with van der Waals surface area (Å²) < 4.78 is 2.11. The Bertz CT molecular complexity index is 294. The van der Waals surface area contributed by atoms with E-state index in [9.17, 15) is 0 Å². The zero-order valence-electron chi connectivity index (χ0n) is 8.90. The van der Waals surface area contributed by atoms with E-state index in [1.165, 1.54) is 5.82 Å². The van der Waals surface area contributed by atoms with Gasteiger partial charge in [0.1, 0.15) is 5.82 Å². The first-order valence-corrected chi connectivity index (χ1v) is 5.25. The molecule has 0 spiro atoms. The van der Waals surface area contributed by atoms with Crippen LogP contribution in [-0.2, 0) is 7.05 Å². The molecule has 1 N–H and O–H groups in total. The third kappa shape index (κ3) is 1.67. The van der Waals surface area contributed by atoms with E-state index in [0.29, 0.717) is 6.04 Å². The number of aromatic nitrogens is 2. The van der Waals surface area contributed by atoms with E-state index < -0.39 is 0 Å². The van der Waals surface area contributed by atoms with Crippen LogP contribution < -0.4 is 5.32 Å². The molecule has 0 bridgehead atoms. The topological polar surface area (TPSA) is 33.1 Å². The van der Waals surface area contributed by atoms with E-state index in [1.54, 1.807) is 0 Å². The van der Waals surface area contributed by atoms with E-state index in [-0.39, 0.29) is 0 Å². The van der Waals surface area contributed by atoms with Gasteiger partial charge >= 0.3 is 0 Å². The Hall–Kier alpha value is -0.870. The van der Waals surface area contributed by atoms with Gasteiger partial charge < -0.3 is 9.88 Å². The maximum absolute atomic E-state index is 4.42. The second-order valence-electron chi connectivity index (χ2n) is 3.74. The molecule has 2 rings (SSSR count). The quantitative estimate of drug-likeness (QED) is 0.739. The summed E-state index contributed by atoms with van der Waals surface area (Å²) in [5.74, 6) is 1.17. The van der Waals surface area contributed by atoms with Crippen LogP contribution in [0.4, 0.5) is 0 Å². The Balaban J connectivity index is 2.19. The Morgan fingerprint density at radius 2 is 2.50 bits per heavy atom. The number of likely N-dealkylation sites (N-methyl/N-ethyl adjacent to an activating group) is 1. The molecule has 4 heteroatoms. The predicted molar refractivity (Wildman–Crippen MR) is 56.1 cm³/mol. The van der Waals surface area contributed by atoms with E-state index in [1.807, 2.05) is 12.4 Å². The van der Waals surface area contributed by atoms with Gasteiger partial charge in [-0.25, -0.2) is 4.98 Å². The highest BCUT2D eigenvalue weighted by molar-refractivity contribution is 5.01. The van der Waals surface area contributed by atoms with Crippen LogP contribution >= 0.6 is 0 Å². The summed E-state index contributed by atoms with van der Waals surface area (Å²) in [6, 6.07) is 0.439. The number of imidazole rings is 1. The Labute approximate surface area is 84.9 Å². The first-order chi connectivity index (χ1) is 6.83. The number of piperazine rings is 1. The van der Waals surface area contributed by atoms with Crippen molar-refractivity contribution >= 4 is 0 Å². The molecule has 0 aromatic carbocycles. The third-order valence-corrected chi connectivity index (χ3v) is 2.92. The molecule has 78 valence electrons. The summed E-state index contributed by atoms with van der Waals surface area (Å²) in [6.45, 7) is 6.53. The molecule has 14 heavy (non-hydrogen) atoms. The zero-order chi connectivity index (χ0) is 9.97. The number of rotatable bonds is 2. The monoisotopic (exact) mass is 194 g/mol. The molecular formula is C10H18N4. The van der Waals surface area contributed by atoms with Gasteiger partial charge in [0.2, 0.25) is 0 Å². The van der Waals surface area contributed by atoms with Crippen LogP contribution in [0.1, 0.15) is 18.8 Å². The van der Waals surface area contributed by atoms with Crippen LogP contribution in [0.5, 0.6) is 0 Å². The van der Waals surface area contributed by atoms with Crippen molar-refractivity contribution in [1.82, 2.24) is 19.8 Å². The molecule has 1 fully saturated rings. The standard InChI is InChI=1S/C10H18N4/c1-3-14-7-4-11-8-9(14)10-12-5-6-13(10)2/h5-6,9,11H,3-4,7-8H2,1-2H3/t9-/m1/s1. The molecule has 1 aromatic rings. The fourth-order valence-electron chi connectivity index (χ4n) is 2.08. The van der Waals surface area contributed by atoms with Gasteiger partial charge in [-0.1, -0.05) is 6.92 Å². The van der Waals surface area contributed by atoms with Crippen molar-refractivity contribution in [2.24, 2.45) is 7.05 Å². The highest BCUT2D eigenvalue weighted by Crippen LogP contribution is 2.19. The van der Waals surface area contributed by atoms with Crippen LogP contribution in [-0.4, -0.2) is 40.6 Å². The van der Waals surface area contributed by atoms with Crippen LogP contribution in [0.3, 0.4) is 0 Å². The first-order valence-electron chi connectivity index (χ1n) is 5.25. The normalized spacial score (nSPS) is 24.0. The van der Waals surface area contributed by atoms with E-state index >= 15 is 0 Å². The predicted octanol–water partition coefficient (Wildman–Crippen LogP) is 0.386. The zero-order valence-corrected chi connectivity index (χ0v) is 8.90. The van der Waals surface area contributed by atoms with Gasteiger partial charge in [0.25, 0.3) is 0 Å². The molecule has 4 nitrogen and oxygen atoms in total. The van der Waals surface area contributed by atoms with Crippen molar-refractivity contribution in [3.63, 3.8) is 0 Å². The van der Waals surface area contributed by atoms with Gasteiger partial charge in [-0.2, -0.15) is 0 Å². The van der Waals surface area contributed by atoms with E-state index in [0.717, 1.165) is 26.2 Å². The van der Waals surface area contributed by atoms with Crippen molar-refractivity contribution in [1.29, 1.82) is 0 Å². The summed E-state index contributed by atoms with van der Waals surface area (Å²) in [7, 11) is 2.06. The van der Waals surface area contributed by atoms with Crippen molar-refractivity contribution in [2.75, 3.05) is 26.2 Å². The highest BCUT2D eigenvalue weighted by atomic mass is 15.2. The fourth-order valence-corrected chi connectivity index (χ4v) is 2.08. The van der Waals surface area contributed by atoms with Crippen molar-refractivity contribution in [2.45, 2.75) is 13.0 Å². The lowest BCUT2D eigenvalue weighted by molar-refractivity contribution is 0.161. The summed E-state index contributed by atoms with van der Waals surface area (Å²) in [6.07, 6.45) is 3.88. The lowest BCUT2D eigenvalue weighted by Gasteiger charge is -2.34. The first kappa shape index (κ1) is 9.68. The highest BCUT2D eigenvalue weighted by Gasteiger charge is 2.24. The molecule has 1 aliphatic heterocycles. The molecule has 0 unspecified atom stereocenters. The average Bonchev–Trinajstić information content (AvgIpc) is 2.64. The summed E-state index contributed by atoms with van der Waals surface area (Å²) in [5, 5.41) is 3.42. The summed E-state index contributed by atoms with van der Waals surface area (Å²) in [4.78, 5) is 6.89. The van der Waals surface area contributed by atoms with Crippen LogP contribution in [0, 0.1) is 0 Å². The second kappa shape index (κ2) is 4.11. The molecule has 1 aromatic heterocycles. The van der Waals surface area contributed by atoms with Gasteiger partial charge in [0, 0.05) is 39.1 Å². The van der Waals surface area contributed by atoms with Gasteiger partial charge in [-0.15, -0.1) is 0 Å². The van der Waals surface area contributed by atoms with E-state index in [2.05, 4.69) is 33.7 Å². The average molecular weight is 194 g/mol. The molecule has 1 saturated heterocycles. The SMILES string of the molecule is CCN1CCNC[C@@H]1c1nccn1C. The van der Waals surface area contributed by atoms with E-state index in [4.69, 9.17) is 0 Å². The molecule has 2 heterocycles. The Morgan fingerprint density at radius 1 is 1.64 bits per heavy atom. The van der Waals surface area contributed by atoms with Gasteiger partial charge in [-0.3, -0.25) is 4.90 Å². The summed E-state index contributed by atoms with van der Waals surface area (Å²) >= 11 is 0. The number of nitrogens with one attached hydrogen (secondary N) is 1. The fraction of sp³-hybridized carbons (Fsp3) is 0.700. The maximum Gasteiger partial charge on any atom is 0.127 e. The second-order valence-corrected chi connectivity index (χ2v) is 3.74. The molecular weight excluding hydrogens is 176 g/mol. The van der Waals surface area contributed by atoms with Crippen molar-refractivity contribution in [3.8, 4) is 0 Å².